The summed E-state index contributed by atoms with van der Waals surface area (Å²) in [6.07, 6.45) is 1.38. The molecule has 2 aromatic heterocycles. The van der Waals surface area contributed by atoms with Crippen molar-refractivity contribution in [3.8, 4) is 5.75 Å². The molecule has 2 N–H and O–H groups in total. The number of aromatic amines is 1. The van der Waals surface area contributed by atoms with Crippen LogP contribution in [0.15, 0.2) is 63.2 Å². The van der Waals surface area contributed by atoms with Gasteiger partial charge in [0.25, 0.3) is 21.5 Å². The number of fused-ring (bicyclic) bond motifs is 1. The quantitative estimate of drug-likeness (QED) is 0.252. The predicted molar refractivity (Wildman–Crippen MR) is 169 cm³/mol. The number of nitrogens with one attached hydrogen (secondary N) is 2. The third kappa shape index (κ3) is 6.47. The van der Waals surface area contributed by atoms with Crippen LogP contribution >= 0.6 is 23.4 Å². The number of methoxy groups -OCH3 is 1. The molecule has 2 aliphatic rings. The van der Waals surface area contributed by atoms with E-state index in [0.717, 1.165) is 9.41 Å². The number of aliphatic imine (C=N–C) groups is 1. The highest BCUT2D eigenvalue weighted by atomic mass is 35.5. The van der Waals surface area contributed by atoms with Gasteiger partial charge in [-0.3, -0.25) is 14.5 Å². The number of aromatic nitrogens is 4. The Labute approximate surface area is 267 Å². The lowest BCUT2D eigenvalue weighted by atomic mass is 10.2. The minimum Gasteiger partial charge on any atom is -0.497 e. The van der Waals surface area contributed by atoms with Crippen LogP contribution in [0.25, 0.3) is 5.78 Å². The van der Waals surface area contributed by atoms with Gasteiger partial charge in [-0.1, -0.05) is 23.7 Å². The Balaban J connectivity index is 1.39. The predicted octanol–water partition coefficient (Wildman–Crippen LogP) is 2.31. The van der Waals surface area contributed by atoms with Crippen LogP contribution in [0.2, 0.25) is 5.02 Å². The van der Waals surface area contributed by atoms with Crippen molar-refractivity contribution >= 4 is 57.1 Å². The number of rotatable bonds is 9. The van der Waals surface area contributed by atoms with Gasteiger partial charge >= 0.3 is 0 Å². The number of hydrazine groups is 1. The fourth-order valence-electron chi connectivity index (χ4n) is 5.01. The van der Waals surface area contributed by atoms with Crippen molar-refractivity contribution in [3.05, 3.63) is 80.9 Å². The van der Waals surface area contributed by atoms with Crippen molar-refractivity contribution in [3.63, 3.8) is 0 Å². The first-order valence-electron chi connectivity index (χ1n) is 13.9. The van der Waals surface area contributed by atoms with Gasteiger partial charge in [0, 0.05) is 30.9 Å². The third-order valence-corrected chi connectivity index (χ3v) is 10.3. The Kier molecular flexibility index (Phi) is 8.94. The molecule has 45 heavy (non-hydrogen) atoms. The van der Waals surface area contributed by atoms with Gasteiger partial charge in [-0.25, -0.2) is 27.9 Å². The van der Waals surface area contributed by atoms with Gasteiger partial charge in [0.15, 0.2) is 10.7 Å². The molecular formula is C28H29ClN8O6S2. The highest BCUT2D eigenvalue weighted by Crippen LogP contribution is 2.43. The van der Waals surface area contributed by atoms with Crippen molar-refractivity contribution < 1.29 is 22.7 Å². The molecule has 0 radical (unpaired) electrons. The molecule has 0 bridgehead atoms. The molecule has 2 aromatic carbocycles. The summed E-state index contributed by atoms with van der Waals surface area (Å²) in [4.78, 5) is 40.0. The number of hydrogen-bond acceptors (Lipinski definition) is 11. The summed E-state index contributed by atoms with van der Waals surface area (Å²) in [5.41, 5.74) is 0.335. The first kappa shape index (κ1) is 31.2. The number of halogens is 1. The summed E-state index contributed by atoms with van der Waals surface area (Å²) >= 11 is 7.42. The second-order valence-electron chi connectivity index (χ2n) is 10.3. The SMILES string of the molecule is COc1ccc(C=Nc2nc3[nH]nc(C)n3c(=O)c2S(=O)(=O)NN2C(=O)C(CN3CCOCC3)SC2c2ccc(Cl)cc2)cc1. The molecule has 236 valence electrons. The normalized spacial score (nSPS) is 19.6. The summed E-state index contributed by atoms with van der Waals surface area (Å²) in [5.74, 6) is 0.00423. The van der Waals surface area contributed by atoms with Crippen LogP contribution in [0.5, 0.6) is 5.75 Å². The molecular weight excluding hydrogens is 644 g/mol. The molecule has 14 nitrogen and oxygen atoms in total. The van der Waals surface area contributed by atoms with E-state index in [0.29, 0.717) is 54.7 Å². The van der Waals surface area contributed by atoms with Crippen LogP contribution in [0.1, 0.15) is 22.3 Å². The number of sulfonamides is 1. The fourth-order valence-corrected chi connectivity index (χ4v) is 7.84. The molecule has 2 unspecified atom stereocenters. The summed E-state index contributed by atoms with van der Waals surface area (Å²) < 4.78 is 39.9. The van der Waals surface area contributed by atoms with Gasteiger partial charge in [-0.2, -0.15) is 10.1 Å². The second kappa shape index (κ2) is 12.9. The number of ether oxygens (including phenoxy) is 2. The summed E-state index contributed by atoms with van der Waals surface area (Å²) in [7, 11) is -3.19. The van der Waals surface area contributed by atoms with Crippen LogP contribution in [0.3, 0.4) is 0 Å². The lowest BCUT2D eigenvalue weighted by Gasteiger charge is -2.28. The number of H-pyrrole nitrogens is 1. The summed E-state index contributed by atoms with van der Waals surface area (Å²) in [6.45, 7) is 4.35. The van der Waals surface area contributed by atoms with E-state index in [1.807, 2.05) is 0 Å². The minimum absolute atomic E-state index is 0.00995. The molecule has 17 heteroatoms. The van der Waals surface area contributed by atoms with Crippen molar-refractivity contribution in [2.75, 3.05) is 40.0 Å². The third-order valence-electron chi connectivity index (χ3n) is 7.33. The number of aryl methyl sites for hydroxylation is 1. The van der Waals surface area contributed by atoms with Gasteiger partial charge in [0.1, 0.15) is 22.2 Å². The summed E-state index contributed by atoms with van der Waals surface area (Å²) in [5, 5.41) is 6.85. The Morgan fingerprint density at radius 1 is 1.16 bits per heavy atom. The van der Waals surface area contributed by atoms with E-state index in [1.54, 1.807) is 48.5 Å². The zero-order chi connectivity index (χ0) is 31.7. The molecule has 1 amide bonds. The largest absolute Gasteiger partial charge is 0.497 e. The fraction of sp³-hybridized carbons (Fsp3) is 0.321. The van der Waals surface area contributed by atoms with Crippen molar-refractivity contribution in [1.82, 2.24) is 34.3 Å². The zero-order valence-electron chi connectivity index (χ0n) is 24.2. The van der Waals surface area contributed by atoms with Crippen LogP contribution in [-0.2, 0) is 19.6 Å². The van der Waals surface area contributed by atoms with E-state index in [4.69, 9.17) is 21.1 Å². The molecule has 6 rings (SSSR count). The lowest BCUT2D eigenvalue weighted by molar-refractivity contribution is -0.132. The molecule has 2 atom stereocenters. The smallest absolute Gasteiger partial charge is 0.283 e. The second-order valence-corrected chi connectivity index (χ2v) is 13.6. The first-order valence-corrected chi connectivity index (χ1v) is 16.7. The van der Waals surface area contributed by atoms with E-state index in [-0.39, 0.29) is 17.4 Å². The van der Waals surface area contributed by atoms with E-state index in [1.165, 1.54) is 32.0 Å². The highest BCUT2D eigenvalue weighted by Gasteiger charge is 2.45. The zero-order valence-corrected chi connectivity index (χ0v) is 26.6. The number of carbonyl (C=O) groups is 1. The first-order chi connectivity index (χ1) is 21.6. The monoisotopic (exact) mass is 672 g/mol. The number of benzene rings is 2. The molecule has 0 saturated carbocycles. The van der Waals surface area contributed by atoms with Crippen LogP contribution in [0.4, 0.5) is 5.82 Å². The maximum Gasteiger partial charge on any atom is 0.283 e. The van der Waals surface area contributed by atoms with Crippen molar-refractivity contribution in [2.24, 2.45) is 4.99 Å². The van der Waals surface area contributed by atoms with E-state index in [9.17, 15) is 18.0 Å². The molecule has 0 spiro atoms. The Hall–Kier alpha value is -3.80. The maximum absolute atomic E-state index is 14.1. The van der Waals surface area contributed by atoms with Gasteiger partial charge in [-0.15, -0.1) is 16.6 Å². The standard InChI is InChI=1S/C28H29ClN8O6S2/c1-17-32-33-28-31-24(30-15-18-3-9-21(42-2)10-4-18)23(26(39)36(17)28)45(40,41)34-37-25(38)22(16-35-11-13-43-14-12-35)44-27(37)19-5-7-20(29)8-6-19/h3-10,15,22,27,34H,11-14,16H2,1-2H3,(H,31,33). The average Bonchev–Trinajstić information content (AvgIpc) is 3.55. The van der Waals surface area contributed by atoms with Crippen LogP contribution in [-0.4, -0.2) is 95.2 Å². The van der Waals surface area contributed by atoms with Crippen molar-refractivity contribution in [1.29, 1.82) is 0 Å². The Morgan fingerprint density at radius 3 is 2.56 bits per heavy atom. The van der Waals surface area contributed by atoms with Gasteiger partial charge in [-0.05, 0) is 54.4 Å². The van der Waals surface area contributed by atoms with Crippen LogP contribution < -0.4 is 15.1 Å². The maximum atomic E-state index is 14.1. The highest BCUT2D eigenvalue weighted by molar-refractivity contribution is 8.01. The molecule has 2 aliphatic heterocycles. The van der Waals surface area contributed by atoms with Gasteiger partial charge < -0.3 is 9.47 Å². The van der Waals surface area contributed by atoms with Gasteiger partial charge in [0.05, 0.1) is 20.3 Å². The number of amides is 1. The van der Waals surface area contributed by atoms with E-state index in [2.05, 4.69) is 29.9 Å². The average molecular weight is 673 g/mol. The Morgan fingerprint density at radius 2 is 1.87 bits per heavy atom. The molecule has 2 fully saturated rings. The van der Waals surface area contributed by atoms with Gasteiger partial charge in [0.2, 0.25) is 5.78 Å². The van der Waals surface area contributed by atoms with Crippen molar-refractivity contribution in [2.45, 2.75) is 22.4 Å². The van der Waals surface area contributed by atoms with Crippen LogP contribution in [0, 0.1) is 6.92 Å². The molecule has 0 aliphatic carbocycles. The molecule has 4 aromatic rings. The van der Waals surface area contributed by atoms with E-state index >= 15 is 0 Å². The topological polar surface area (TPSA) is 164 Å². The number of hydrogen-bond donors (Lipinski definition) is 2. The summed E-state index contributed by atoms with van der Waals surface area (Å²) in [6, 6.07) is 13.7. The molecule has 4 heterocycles. The number of morpholine rings is 1. The minimum atomic E-state index is -4.73. The molecule has 2 saturated heterocycles. The lowest BCUT2D eigenvalue weighted by Crippen LogP contribution is -2.49. The number of thioether (sulfide) groups is 1. The number of nitrogens with zero attached hydrogens (tertiary/aromatic N) is 6. The Bertz CT molecular complexity index is 1910. The van der Waals surface area contributed by atoms with E-state index < -0.39 is 37.0 Å². The number of carbonyl (C=O) groups excluding carboxylic acids is 1.